The van der Waals surface area contributed by atoms with Gasteiger partial charge in [-0.05, 0) is 43.1 Å². The van der Waals surface area contributed by atoms with Crippen molar-refractivity contribution in [2.75, 3.05) is 24.5 Å². The van der Waals surface area contributed by atoms with E-state index in [9.17, 15) is 13.2 Å². The molecule has 0 bridgehead atoms. The van der Waals surface area contributed by atoms with Gasteiger partial charge in [0.1, 0.15) is 0 Å². The standard InChI is InChI=1S/C14H19N3O3S/c1-10(18)17-7-5-11-8-13(2-3-14(11)17)21(19,20)16-12-4-6-15-9-12/h2-3,8,12,15-16H,4-7,9H2,1H3/t12-/m0/s1. The Bertz CT molecular complexity index is 666. The van der Waals surface area contributed by atoms with Gasteiger partial charge in [-0.25, -0.2) is 13.1 Å². The first-order chi connectivity index (χ1) is 9.97. The van der Waals surface area contributed by atoms with Crippen LogP contribution in [-0.2, 0) is 21.2 Å². The first-order valence-corrected chi connectivity index (χ1v) is 8.60. The number of hydrogen-bond acceptors (Lipinski definition) is 4. The van der Waals surface area contributed by atoms with Gasteiger partial charge in [0.05, 0.1) is 4.90 Å². The monoisotopic (exact) mass is 309 g/mol. The number of benzene rings is 1. The predicted molar refractivity (Wildman–Crippen MR) is 79.8 cm³/mol. The Labute approximate surface area is 124 Å². The lowest BCUT2D eigenvalue weighted by atomic mass is 10.2. The number of hydrogen-bond donors (Lipinski definition) is 2. The molecule has 0 unspecified atom stereocenters. The van der Waals surface area contributed by atoms with Crippen LogP contribution in [0, 0.1) is 0 Å². The average Bonchev–Trinajstić information content (AvgIpc) is 3.05. The van der Waals surface area contributed by atoms with Crippen LogP contribution in [0.1, 0.15) is 18.9 Å². The van der Waals surface area contributed by atoms with Crippen LogP contribution in [-0.4, -0.2) is 40.0 Å². The van der Waals surface area contributed by atoms with Crippen LogP contribution < -0.4 is 14.9 Å². The lowest BCUT2D eigenvalue weighted by molar-refractivity contribution is -0.116. The summed E-state index contributed by atoms with van der Waals surface area (Å²) in [5.74, 6) is -0.0143. The maximum absolute atomic E-state index is 12.4. The number of amides is 1. The van der Waals surface area contributed by atoms with E-state index in [0.717, 1.165) is 24.2 Å². The molecule has 2 aliphatic heterocycles. The van der Waals surface area contributed by atoms with E-state index in [2.05, 4.69) is 10.0 Å². The van der Waals surface area contributed by atoms with Crippen LogP contribution in [0.2, 0.25) is 0 Å². The van der Waals surface area contributed by atoms with E-state index in [-0.39, 0.29) is 16.8 Å². The average molecular weight is 309 g/mol. The fourth-order valence-electron chi connectivity index (χ4n) is 2.92. The van der Waals surface area contributed by atoms with Crippen molar-refractivity contribution in [1.29, 1.82) is 0 Å². The van der Waals surface area contributed by atoms with Gasteiger partial charge >= 0.3 is 0 Å². The zero-order chi connectivity index (χ0) is 15.0. The summed E-state index contributed by atoms with van der Waals surface area (Å²) >= 11 is 0. The molecule has 6 nitrogen and oxygen atoms in total. The molecule has 2 N–H and O–H groups in total. The molecule has 21 heavy (non-hydrogen) atoms. The number of anilines is 1. The number of nitrogens with zero attached hydrogens (tertiary/aromatic N) is 1. The number of nitrogens with one attached hydrogen (secondary N) is 2. The Balaban J connectivity index is 1.85. The van der Waals surface area contributed by atoms with Gasteiger partial charge in [-0.2, -0.15) is 0 Å². The molecule has 114 valence electrons. The molecule has 0 radical (unpaired) electrons. The van der Waals surface area contributed by atoms with Crippen molar-refractivity contribution in [3.63, 3.8) is 0 Å². The van der Waals surface area contributed by atoms with Crippen LogP contribution in [0.15, 0.2) is 23.1 Å². The zero-order valence-corrected chi connectivity index (χ0v) is 12.7. The van der Waals surface area contributed by atoms with Gasteiger partial charge in [0, 0.05) is 31.7 Å². The van der Waals surface area contributed by atoms with E-state index in [1.807, 2.05) is 0 Å². The largest absolute Gasteiger partial charge is 0.315 e. The normalized spacial score (nSPS) is 21.6. The van der Waals surface area contributed by atoms with Crippen molar-refractivity contribution in [2.45, 2.75) is 30.7 Å². The molecule has 0 saturated carbocycles. The molecule has 1 fully saturated rings. The summed E-state index contributed by atoms with van der Waals surface area (Å²) in [7, 11) is -3.50. The Morgan fingerprint density at radius 2 is 2.24 bits per heavy atom. The summed E-state index contributed by atoms with van der Waals surface area (Å²) in [6.07, 6.45) is 1.51. The van der Waals surface area contributed by atoms with E-state index in [0.29, 0.717) is 19.5 Å². The van der Waals surface area contributed by atoms with Crippen molar-refractivity contribution in [1.82, 2.24) is 10.0 Å². The number of rotatable bonds is 3. The van der Waals surface area contributed by atoms with Gasteiger partial charge in [-0.1, -0.05) is 0 Å². The summed E-state index contributed by atoms with van der Waals surface area (Å²) < 4.78 is 27.5. The van der Waals surface area contributed by atoms with Gasteiger partial charge in [-0.15, -0.1) is 0 Å². The summed E-state index contributed by atoms with van der Waals surface area (Å²) in [6, 6.07) is 4.94. The Kier molecular flexibility index (Phi) is 3.73. The summed E-state index contributed by atoms with van der Waals surface area (Å²) in [6.45, 7) is 3.65. The molecule has 1 atom stereocenters. The van der Waals surface area contributed by atoms with Crippen LogP contribution in [0.25, 0.3) is 0 Å². The van der Waals surface area contributed by atoms with Crippen molar-refractivity contribution in [3.05, 3.63) is 23.8 Å². The molecule has 0 aliphatic carbocycles. The third-order valence-corrected chi connectivity index (χ3v) is 5.54. The van der Waals surface area contributed by atoms with Gasteiger partial charge in [0.15, 0.2) is 0 Å². The first kappa shape index (κ1) is 14.5. The SMILES string of the molecule is CC(=O)N1CCc2cc(S(=O)(=O)N[C@H]3CCNC3)ccc21. The third-order valence-electron chi connectivity index (χ3n) is 4.02. The number of carbonyl (C=O) groups excluding carboxylic acids is 1. The number of carbonyl (C=O) groups is 1. The van der Waals surface area contributed by atoms with Crippen LogP contribution in [0.5, 0.6) is 0 Å². The van der Waals surface area contributed by atoms with Crippen molar-refractivity contribution >= 4 is 21.6 Å². The van der Waals surface area contributed by atoms with E-state index in [4.69, 9.17) is 0 Å². The molecule has 2 aliphatic rings. The minimum Gasteiger partial charge on any atom is -0.315 e. The summed E-state index contributed by atoms with van der Waals surface area (Å²) in [5, 5.41) is 3.14. The fraction of sp³-hybridized carbons (Fsp3) is 0.500. The van der Waals surface area contributed by atoms with E-state index in [1.54, 1.807) is 23.1 Å². The van der Waals surface area contributed by atoms with Crippen molar-refractivity contribution in [2.24, 2.45) is 0 Å². The molecular formula is C14H19N3O3S. The van der Waals surface area contributed by atoms with Crippen LogP contribution in [0.4, 0.5) is 5.69 Å². The lowest BCUT2D eigenvalue weighted by Crippen LogP contribution is -2.36. The molecule has 3 rings (SSSR count). The van der Waals surface area contributed by atoms with Crippen molar-refractivity contribution in [3.8, 4) is 0 Å². The van der Waals surface area contributed by atoms with E-state index in [1.165, 1.54) is 6.92 Å². The first-order valence-electron chi connectivity index (χ1n) is 7.11. The van der Waals surface area contributed by atoms with E-state index >= 15 is 0 Å². The molecular weight excluding hydrogens is 290 g/mol. The highest BCUT2D eigenvalue weighted by atomic mass is 32.2. The van der Waals surface area contributed by atoms with Gasteiger partial charge < -0.3 is 10.2 Å². The summed E-state index contributed by atoms with van der Waals surface area (Å²) in [5.41, 5.74) is 1.74. The van der Waals surface area contributed by atoms with Gasteiger partial charge in [-0.3, -0.25) is 4.79 Å². The Morgan fingerprint density at radius 1 is 1.43 bits per heavy atom. The summed E-state index contributed by atoms with van der Waals surface area (Å²) in [4.78, 5) is 13.5. The second kappa shape index (κ2) is 5.40. The minimum absolute atomic E-state index is 0.0143. The van der Waals surface area contributed by atoms with E-state index < -0.39 is 10.0 Å². The van der Waals surface area contributed by atoms with Gasteiger partial charge in [0.2, 0.25) is 15.9 Å². The second-order valence-electron chi connectivity index (χ2n) is 5.52. The molecule has 1 aromatic rings. The number of fused-ring (bicyclic) bond motifs is 1. The van der Waals surface area contributed by atoms with Crippen molar-refractivity contribution < 1.29 is 13.2 Å². The molecule has 1 amide bonds. The molecule has 0 aromatic heterocycles. The zero-order valence-electron chi connectivity index (χ0n) is 11.9. The maximum atomic E-state index is 12.4. The smallest absolute Gasteiger partial charge is 0.240 e. The predicted octanol–water partition coefficient (Wildman–Crippen LogP) is 0.236. The maximum Gasteiger partial charge on any atom is 0.240 e. The minimum atomic E-state index is -3.50. The van der Waals surface area contributed by atoms with Gasteiger partial charge in [0.25, 0.3) is 0 Å². The lowest BCUT2D eigenvalue weighted by Gasteiger charge is -2.16. The highest BCUT2D eigenvalue weighted by Gasteiger charge is 2.26. The molecule has 2 heterocycles. The highest BCUT2D eigenvalue weighted by molar-refractivity contribution is 7.89. The molecule has 1 saturated heterocycles. The molecule has 7 heteroatoms. The van der Waals surface area contributed by atoms with Crippen LogP contribution in [0.3, 0.4) is 0 Å². The number of sulfonamides is 1. The fourth-order valence-corrected chi connectivity index (χ4v) is 4.24. The molecule has 0 spiro atoms. The highest BCUT2D eigenvalue weighted by Crippen LogP contribution is 2.30. The topological polar surface area (TPSA) is 78.5 Å². The van der Waals surface area contributed by atoms with Crippen LogP contribution >= 0.6 is 0 Å². The Hall–Kier alpha value is -1.44. The second-order valence-corrected chi connectivity index (χ2v) is 7.24. The Morgan fingerprint density at radius 3 is 2.90 bits per heavy atom. The third kappa shape index (κ3) is 2.81. The quantitative estimate of drug-likeness (QED) is 0.838. The molecule has 1 aromatic carbocycles.